The van der Waals surface area contributed by atoms with Crippen molar-refractivity contribution in [1.82, 2.24) is 5.06 Å². The highest BCUT2D eigenvalue weighted by Crippen LogP contribution is 2.12. The minimum absolute atomic E-state index is 0.0650. The average Bonchev–Trinajstić information content (AvgIpc) is 2.22. The summed E-state index contributed by atoms with van der Waals surface area (Å²) >= 11 is 0. The van der Waals surface area contributed by atoms with E-state index in [0.29, 0.717) is 13.0 Å². The van der Waals surface area contributed by atoms with Crippen LogP contribution in [0.4, 0.5) is 0 Å². The zero-order chi connectivity index (χ0) is 12.7. The molecule has 0 aliphatic carbocycles. The van der Waals surface area contributed by atoms with Gasteiger partial charge in [-0.1, -0.05) is 27.7 Å². The summed E-state index contributed by atoms with van der Waals surface area (Å²) in [5, 5.41) is 1.04. The molecule has 0 rings (SSSR count). The maximum atomic E-state index is 11.5. The van der Waals surface area contributed by atoms with Gasteiger partial charge in [0.25, 0.3) is 0 Å². The molecule has 0 aliphatic rings. The highest BCUT2D eigenvalue weighted by molar-refractivity contribution is 5.78. The number of hydrogen-bond donors (Lipinski definition) is 0. The van der Waals surface area contributed by atoms with Gasteiger partial charge in [0.1, 0.15) is 0 Å². The van der Waals surface area contributed by atoms with Gasteiger partial charge in [-0.3, -0.25) is 9.63 Å². The zero-order valence-corrected chi connectivity index (χ0v) is 10.6. The van der Waals surface area contributed by atoms with E-state index in [1.54, 1.807) is 0 Å². The van der Waals surface area contributed by atoms with E-state index in [0.717, 1.165) is 5.06 Å². The number of carbonyl (C=O) groups is 2. The summed E-state index contributed by atoms with van der Waals surface area (Å²) in [6.45, 7) is 7.98. The summed E-state index contributed by atoms with van der Waals surface area (Å²) in [6, 6.07) is -0.693. The molecule has 5 heteroatoms. The molecule has 0 fully saturated rings. The van der Waals surface area contributed by atoms with Gasteiger partial charge in [0, 0.05) is 0 Å². The van der Waals surface area contributed by atoms with E-state index >= 15 is 0 Å². The predicted molar refractivity (Wildman–Crippen MR) is 59.3 cm³/mol. The molecule has 0 aromatic rings. The van der Waals surface area contributed by atoms with Crippen LogP contribution in [-0.4, -0.2) is 37.2 Å². The Morgan fingerprint density at radius 3 is 2.19 bits per heavy atom. The lowest BCUT2D eigenvalue weighted by atomic mass is 10.1. The van der Waals surface area contributed by atoms with Crippen molar-refractivity contribution in [3.63, 3.8) is 0 Å². The second-order valence-corrected chi connectivity index (χ2v) is 4.37. The minimum atomic E-state index is -0.693. The van der Waals surface area contributed by atoms with Crippen molar-refractivity contribution in [2.45, 2.75) is 33.7 Å². The minimum Gasteiger partial charge on any atom is -0.467 e. The number of carbonyl (C=O) groups excluding carboxylic acids is 2. The summed E-state index contributed by atoms with van der Waals surface area (Å²) in [5.74, 6) is -0.247. The Labute approximate surface area is 96.7 Å². The topological polar surface area (TPSA) is 55.8 Å². The Morgan fingerprint density at radius 1 is 1.31 bits per heavy atom. The fraction of sp³-hybridized carbons (Fsp3) is 0.818. The number of amides is 1. The van der Waals surface area contributed by atoms with Crippen LogP contribution in [0.15, 0.2) is 0 Å². The second kappa shape index (κ2) is 7.22. The molecule has 94 valence electrons. The Bertz CT molecular complexity index is 228. The first-order chi connectivity index (χ1) is 7.43. The monoisotopic (exact) mass is 231 g/mol. The molecule has 0 aromatic carbocycles. The molecule has 0 heterocycles. The molecule has 0 bridgehead atoms. The average molecular weight is 231 g/mol. The van der Waals surface area contributed by atoms with E-state index < -0.39 is 12.0 Å². The van der Waals surface area contributed by atoms with E-state index in [4.69, 9.17) is 4.84 Å². The van der Waals surface area contributed by atoms with Gasteiger partial charge in [0.2, 0.25) is 6.41 Å². The molecule has 0 aromatic heterocycles. The van der Waals surface area contributed by atoms with Crippen LogP contribution in [0.3, 0.4) is 0 Å². The maximum Gasteiger partial charge on any atom is 0.331 e. The number of esters is 1. The van der Waals surface area contributed by atoms with Crippen LogP contribution in [-0.2, 0) is 19.2 Å². The van der Waals surface area contributed by atoms with Gasteiger partial charge in [0.15, 0.2) is 6.04 Å². The first-order valence-corrected chi connectivity index (χ1v) is 5.38. The first kappa shape index (κ1) is 14.9. The van der Waals surface area contributed by atoms with E-state index in [-0.39, 0.29) is 11.8 Å². The standard InChI is InChI=1S/C11H21NO4/c1-8(2)6-16-12(7-13)10(9(3)4)11(14)15-5/h7-10H,6H2,1-5H3/t10-/m0/s1. The summed E-state index contributed by atoms with van der Waals surface area (Å²) in [5.41, 5.74) is 0. The normalized spacial score (nSPS) is 12.7. The first-order valence-electron chi connectivity index (χ1n) is 5.38. The van der Waals surface area contributed by atoms with Gasteiger partial charge < -0.3 is 4.74 Å². The van der Waals surface area contributed by atoms with Crippen LogP contribution >= 0.6 is 0 Å². The summed E-state index contributed by atoms with van der Waals surface area (Å²) < 4.78 is 4.64. The Balaban J connectivity index is 4.58. The number of rotatable bonds is 7. The third-order valence-corrected chi connectivity index (χ3v) is 2.01. The predicted octanol–water partition coefficient (Wildman–Crippen LogP) is 1.23. The largest absolute Gasteiger partial charge is 0.467 e. The molecular weight excluding hydrogens is 210 g/mol. The van der Waals surface area contributed by atoms with Crippen LogP contribution in [0.5, 0.6) is 0 Å². The Morgan fingerprint density at radius 2 is 1.88 bits per heavy atom. The van der Waals surface area contributed by atoms with Crippen molar-refractivity contribution in [2.75, 3.05) is 13.7 Å². The molecular formula is C11H21NO4. The zero-order valence-electron chi connectivity index (χ0n) is 10.6. The third kappa shape index (κ3) is 4.61. The van der Waals surface area contributed by atoms with Crippen molar-refractivity contribution < 1.29 is 19.2 Å². The number of methoxy groups -OCH3 is 1. The molecule has 0 saturated heterocycles. The second-order valence-electron chi connectivity index (χ2n) is 4.37. The van der Waals surface area contributed by atoms with Gasteiger partial charge in [0.05, 0.1) is 13.7 Å². The molecule has 16 heavy (non-hydrogen) atoms. The van der Waals surface area contributed by atoms with Gasteiger partial charge in [-0.25, -0.2) is 9.86 Å². The number of hydroxylamine groups is 2. The fourth-order valence-electron chi connectivity index (χ4n) is 1.20. The smallest absolute Gasteiger partial charge is 0.331 e. The summed E-state index contributed by atoms with van der Waals surface area (Å²) in [4.78, 5) is 27.6. The van der Waals surface area contributed by atoms with Crippen LogP contribution in [0.2, 0.25) is 0 Å². The molecule has 0 saturated carbocycles. The van der Waals surface area contributed by atoms with Crippen LogP contribution in [0.25, 0.3) is 0 Å². The van der Waals surface area contributed by atoms with Gasteiger partial charge >= 0.3 is 5.97 Å². The lowest BCUT2D eigenvalue weighted by Crippen LogP contribution is -2.45. The molecule has 0 N–H and O–H groups in total. The molecule has 1 amide bonds. The van der Waals surface area contributed by atoms with E-state index in [9.17, 15) is 9.59 Å². The highest BCUT2D eigenvalue weighted by atomic mass is 16.7. The number of ether oxygens (including phenoxy) is 1. The Kier molecular flexibility index (Phi) is 6.72. The molecule has 0 aliphatic heterocycles. The van der Waals surface area contributed by atoms with Crippen molar-refractivity contribution in [1.29, 1.82) is 0 Å². The van der Waals surface area contributed by atoms with Crippen molar-refractivity contribution in [2.24, 2.45) is 11.8 Å². The van der Waals surface area contributed by atoms with E-state index in [2.05, 4.69) is 4.74 Å². The maximum absolute atomic E-state index is 11.5. The Hall–Kier alpha value is -1.10. The van der Waals surface area contributed by atoms with Crippen LogP contribution in [0, 0.1) is 11.8 Å². The van der Waals surface area contributed by atoms with Crippen molar-refractivity contribution >= 4 is 12.4 Å². The molecule has 0 unspecified atom stereocenters. The number of nitrogens with zero attached hydrogens (tertiary/aromatic N) is 1. The fourth-order valence-corrected chi connectivity index (χ4v) is 1.20. The van der Waals surface area contributed by atoms with Crippen LogP contribution in [0.1, 0.15) is 27.7 Å². The molecule has 0 radical (unpaired) electrons. The molecule has 1 atom stereocenters. The van der Waals surface area contributed by atoms with Gasteiger partial charge in [-0.15, -0.1) is 0 Å². The number of hydrogen-bond acceptors (Lipinski definition) is 4. The van der Waals surface area contributed by atoms with Crippen LogP contribution < -0.4 is 0 Å². The molecule has 5 nitrogen and oxygen atoms in total. The van der Waals surface area contributed by atoms with Gasteiger partial charge in [-0.2, -0.15) is 0 Å². The third-order valence-electron chi connectivity index (χ3n) is 2.01. The molecule has 0 spiro atoms. The quantitative estimate of drug-likeness (QED) is 0.375. The van der Waals surface area contributed by atoms with E-state index in [1.165, 1.54) is 7.11 Å². The van der Waals surface area contributed by atoms with Crippen molar-refractivity contribution in [3.8, 4) is 0 Å². The van der Waals surface area contributed by atoms with E-state index in [1.807, 2.05) is 27.7 Å². The lowest BCUT2D eigenvalue weighted by molar-refractivity contribution is -0.205. The summed E-state index contributed by atoms with van der Waals surface area (Å²) in [6.07, 6.45) is 0.518. The highest BCUT2D eigenvalue weighted by Gasteiger charge is 2.30. The van der Waals surface area contributed by atoms with Gasteiger partial charge in [-0.05, 0) is 11.8 Å². The summed E-state index contributed by atoms with van der Waals surface area (Å²) in [7, 11) is 1.29. The lowest BCUT2D eigenvalue weighted by Gasteiger charge is -2.28. The SMILES string of the molecule is COC(=O)[C@H](C(C)C)N(C=O)OCC(C)C. The van der Waals surface area contributed by atoms with Crippen molar-refractivity contribution in [3.05, 3.63) is 0 Å².